The molecule has 1 aliphatic heterocycles. The van der Waals surface area contributed by atoms with Gasteiger partial charge in [0.25, 0.3) is 11.8 Å². The summed E-state index contributed by atoms with van der Waals surface area (Å²) in [5.41, 5.74) is 1.53. The Hall–Kier alpha value is -3.69. The molecular weight excluding hydrogens is 555 g/mol. The van der Waals surface area contributed by atoms with Gasteiger partial charge in [0.2, 0.25) is 0 Å². The summed E-state index contributed by atoms with van der Waals surface area (Å²) in [4.78, 5) is 39.1. The molecule has 0 unspecified atom stereocenters. The van der Waals surface area contributed by atoms with Gasteiger partial charge in [0.1, 0.15) is 18.0 Å². The molecule has 0 bridgehead atoms. The molecule has 1 aliphatic rings. The molecule has 4 rings (SSSR count). The minimum atomic E-state index is -0.851. The van der Waals surface area contributed by atoms with Crippen molar-refractivity contribution >= 4 is 57.1 Å². The summed E-state index contributed by atoms with van der Waals surface area (Å²) in [6.07, 6.45) is 1.30. The molecule has 3 aromatic carbocycles. The predicted octanol–water partition coefficient (Wildman–Crippen LogP) is 5.80. The molecule has 0 radical (unpaired) electrons. The van der Waals surface area contributed by atoms with Crippen molar-refractivity contribution < 1.29 is 28.2 Å². The number of anilines is 1. The lowest BCUT2D eigenvalue weighted by Crippen LogP contribution is -2.54. The number of aryl methyl sites for hydroxylation is 1. The van der Waals surface area contributed by atoms with E-state index < -0.39 is 23.7 Å². The first-order valence-corrected chi connectivity index (χ1v) is 11.8. The summed E-state index contributed by atoms with van der Waals surface area (Å²) in [5, 5.41) is 2.31. The molecular formula is C26H19BrClFN2O5. The molecule has 184 valence electrons. The first-order chi connectivity index (χ1) is 17.2. The number of barbiturate groups is 1. The topological polar surface area (TPSA) is 84.9 Å². The molecule has 0 saturated carbocycles. The lowest BCUT2D eigenvalue weighted by Gasteiger charge is -2.26. The van der Waals surface area contributed by atoms with Gasteiger partial charge < -0.3 is 9.47 Å². The molecule has 0 spiro atoms. The van der Waals surface area contributed by atoms with Crippen LogP contribution in [0.25, 0.3) is 6.08 Å². The molecule has 36 heavy (non-hydrogen) atoms. The van der Waals surface area contributed by atoms with Crippen LogP contribution in [0, 0.1) is 12.7 Å². The molecule has 4 amide bonds. The zero-order valence-corrected chi connectivity index (χ0v) is 21.4. The molecule has 3 aromatic rings. The maximum Gasteiger partial charge on any atom is 0.335 e. The number of nitrogens with one attached hydrogen (secondary N) is 1. The Labute approximate surface area is 219 Å². The number of hydrogen-bond acceptors (Lipinski definition) is 5. The van der Waals surface area contributed by atoms with Crippen LogP contribution in [0.5, 0.6) is 11.5 Å². The van der Waals surface area contributed by atoms with E-state index in [2.05, 4.69) is 21.2 Å². The Kier molecular flexibility index (Phi) is 7.42. The Morgan fingerprint density at radius 1 is 1.11 bits per heavy atom. The van der Waals surface area contributed by atoms with Crippen LogP contribution in [0.15, 0.2) is 64.6 Å². The maximum atomic E-state index is 13.9. The number of rotatable bonds is 6. The fourth-order valence-electron chi connectivity index (χ4n) is 3.56. The van der Waals surface area contributed by atoms with Gasteiger partial charge in [0.05, 0.1) is 17.8 Å². The van der Waals surface area contributed by atoms with Gasteiger partial charge in [-0.05, 0) is 60.5 Å². The van der Waals surface area contributed by atoms with Gasteiger partial charge in [-0.1, -0.05) is 45.7 Å². The molecule has 7 nitrogen and oxygen atoms in total. The zero-order chi connectivity index (χ0) is 26.0. The van der Waals surface area contributed by atoms with Crippen LogP contribution < -0.4 is 19.7 Å². The second-order valence-electron chi connectivity index (χ2n) is 7.81. The number of halogens is 3. The molecule has 1 N–H and O–H groups in total. The van der Waals surface area contributed by atoms with Crippen molar-refractivity contribution in [2.24, 2.45) is 0 Å². The van der Waals surface area contributed by atoms with E-state index in [4.69, 9.17) is 21.1 Å². The van der Waals surface area contributed by atoms with Gasteiger partial charge in [0.15, 0.2) is 11.5 Å². The van der Waals surface area contributed by atoms with Crippen molar-refractivity contribution in [2.45, 2.75) is 13.5 Å². The molecule has 1 saturated heterocycles. The summed E-state index contributed by atoms with van der Waals surface area (Å²) < 4.78 is 25.8. The Morgan fingerprint density at radius 3 is 2.56 bits per heavy atom. The van der Waals surface area contributed by atoms with Crippen LogP contribution in [0.3, 0.4) is 0 Å². The molecule has 1 fully saturated rings. The van der Waals surface area contributed by atoms with Crippen LogP contribution in [-0.4, -0.2) is 25.0 Å². The van der Waals surface area contributed by atoms with Crippen molar-refractivity contribution in [1.82, 2.24) is 5.32 Å². The second-order valence-corrected chi connectivity index (χ2v) is 9.07. The van der Waals surface area contributed by atoms with Crippen molar-refractivity contribution in [3.05, 3.63) is 92.2 Å². The fraction of sp³-hybridized carbons (Fsp3) is 0.115. The smallest absolute Gasteiger partial charge is 0.335 e. The van der Waals surface area contributed by atoms with E-state index in [0.717, 1.165) is 14.9 Å². The summed E-state index contributed by atoms with van der Waals surface area (Å²) >= 11 is 9.79. The number of nitrogens with zero attached hydrogens (tertiary/aromatic N) is 1. The van der Waals surface area contributed by atoms with E-state index in [9.17, 15) is 18.8 Å². The van der Waals surface area contributed by atoms with Crippen molar-refractivity contribution in [3.63, 3.8) is 0 Å². The monoisotopic (exact) mass is 572 g/mol. The van der Waals surface area contributed by atoms with Gasteiger partial charge in [-0.2, -0.15) is 0 Å². The summed E-state index contributed by atoms with van der Waals surface area (Å²) in [6.45, 7) is 1.72. The lowest BCUT2D eigenvalue weighted by molar-refractivity contribution is -0.122. The molecule has 0 aliphatic carbocycles. The van der Waals surface area contributed by atoms with E-state index in [1.165, 1.54) is 31.4 Å². The number of ether oxygens (including phenoxy) is 2. The average molecular weight is 574 g/mol. The Bertz CT molecular complexity index is 1430. The van der Waals surface area contributed by atoms with E-state index in [0.29, 0.717) is 16.8 Å². The Balaban J connectivity index is 1.66. The van der Waals surface area contributed by atoms with E-state index >= 15 is 0 Å². The summed E-state index contributed by atoms with van der Waals surface area (Å²) in [7, 11) is 1.40. The highest BCUT2D eigenvalue weighted by Crippen LogP contribution is 2.38. The Morgan fingerprint density at radius 2 is 1.86 bits per heavy atom. The number of benzene rings is 3. The van der Waals surface area contributed by atoms with Gasteiger partial charge in [0, 0.05) is 10.0 Å². The quantitative estimate of drug-likeness (QED) is 0.297. The maximum absolute atomic E-state index is 13.9. The number of urea groups is 1. The van der Waals surface area contributed by atoms with Crippen LogP contribution >= 0.6 is 27.5 Å². The van der Waals surface area contributed by atoms with E-state index in [-0.39, 0.29) is 28.7 Å². The highest BCUT2D eigenvalue weighted by atomic mass is 79.9. The third kappa shape index (κ3) is 5.12. The molecule has 0 aromatic heterocycles. The third-order valence-electron chi connectivity index (χ3n) is 5.39. The minimum absolute atomic E-state index is 0.0895. The zero-order valence-electron chi connectivity index (χ0n) is 19.1. The lowest BCUT2D eigenvalue weighted by atomic mass is 10.1. The van der Waals surface area contributed by atoms with Crippen LogP contribution in [0.2, 0.25) is 5.02 Å². The molecule has 1 heterocycles. The van der Waals surface area contributed by atoms with Gasteiger partial charge >= 0.3 is 6.03 Å². The number of imide groups is 2. The highest BCUT2D eigenvalue weighted by Gasteiger charge is 2.37. The first-order valence-electron chi connectivity index (χ1n) is 10.6. The van der Waals surface area contributed by atoms with Gasteiger partial charge in [-0.25, -0.2) is 14.1 Å². The third-order valence-corrected chi connectivity index (χ3v) is 6.56. The number of amides is 4. The van der Waals surface area contributed by atoms with Crippen LogP contribution in [0.4, 0.5) is 14.9 Å². The number of carbonyl (C=O) groups excluding carboxylic acids is 3. The van der Waals surface area contributed by atoms with Crippen LogP contribution in [-0.2, 0) is 16.2 Å². The number of methoxy groups -OCH3 is 1. The molecule has 10 heteroatoms. The average Bonchev–Trinajstić information content (AvgIpc) is 2.83. The minimum Gasteiger partial charge on any atom is -0.493 e. The van der Waals surface area contributed by atoms with Gasteiger partial charge in [-0.15, -0.1) is 0 Å². The SMILES string of the molecule is COc1cc(/C=C2\C(=O)NC(=O)N(c3ccc(Br)c(C)c3)C2=O)cc(Cl)c1OCc1ccccc1F. The largest absolute Gasteiger partial charge is 0.493 e. The second kappa shape index (κ2) is 10.5. The van der Waals surface area contributed by atoms with Crippen LogP contribution in [0.1, 0.15) is 16.7 Å². The molecule has 0 atom stereocenters. The van der Waals surface area contributed by atoms with Crippen molar-refractivity contribution in [1.29, 1.82) is 0 Å². The first kappa shape index (κ1) is 25.4. The standard InChI is InChI=1S/C26H19BrClFN2O5/c1-14-9-17(7-8-19(14)27)31-25(33)18(24(32)30-26(31)34)10-15-11-20(28)23(22(12-15)35-2)36-13-16-5-3-4-6-21(16)29/h3-12H,13H2,1-2H3,(H,30,32,34)/b18-10+. The van der Waals surface area contributed by atoms with Gasteiger partial charge in [-0.3, -0.25) is 14.9 Å². The number of carbonyl (C=O) groups is 3. The fourth-order valence-corrected chi connectivity index (χ4v) is 4.08. The van der Waals surface area contributed by atoms with Crippen molar-refractivity contribution in [2.75, 3.05) is 12.0 Å². The van der Waals surface area contributed by atoms with Crippen molar-refractivity contribution in [3.8, 4) is 11.5 Å². The van der Waals surface area contributed by atoms with E-state index in [1.54, 1.807) is 36.4 Å². The summed E-state index contributed by atoms with van der Waals surface area (Å²) in [5.74, 6) is -1.67. The normalized spacial score (nSPS) is 14.8. The predicted molar refractivity (Wildman–Crippen MR) is 137 cm³/mol. The highest BCUT2D eigenvalue weighted by molar-refractivity contribution is 9.10. The summed E-state index contributed by atoms with van der Waals surface area (Å²) in [6, 6.07) is 13.2. The van der Waals surface area contributed by atoms with E-state index in [1.807, 2.05) is 6.92 Å². The number of hydrogen-bond donors (Lipinski definition) is 1.